The van der Waals surface area contributed by atoms with Crippen LogP contribution in [0.1, 0.15) is 90.1 Å². The van der Waals surface area contributed by atoms with Gasteiger partial charge in [-0.1, -0.05) is 31.5 Å². The number of piperidine rings is 1. The van der Waals surface area contributed by atoms with Gasteiger partial charge in [0.1, 0.15) is 0 Å². The number of amides is 1. The number of carbonyl (C=O) groups is 2. The van der Waals surface area contributed by atoms with Gasteiger partial charge in [-0.15, -0.1) is 0 Å². The molecule has 3 aromatic carbocycles. The summed E-state index contributed by atoms with van der Waals surface area (Å²) < 4.78 is 43.1. The Bertz CT molecular complexity index is 2290. The number of aliphatic hydroxyl groups is 1. The molecule has 13 nitrogen and oxygen atoms in total. The number of methoxy groups -OCH3 is 4. The molecular formula is C49H61N3O10. The summed E-state index contributed by atoms with van der Waals surface area (Å²) in [5.74, 6) is 3.15. The van der Waals surface area contributed by atoms with E-state index in [1.54, 1.807) is 39.9 Å². The highest BCUT2D eigenvalue weighted by Crippen LogP contribution is 2.50. The lowest BCUT2D eigenvalue weighted by Crippen LogP contribution is -2.48. The van der Waals surface area contributed by atoms with E-state index < -0.39 is 6.29 Å². The van der Waals surface area contributed by atoms with Gasteiger partial charge < -0.3 is 43.2 Å². The number of benzene rings is 3. The monoisotopic (exact) mass is 851 g/mol. The number of rotatable bonds is 15. The van der Waals surface area contributed by atoms with E-state index in [2.05, 4.69) is 36.1 Å². The maximum atomic E-state index is 15.4. The normalized spacial score (nSPS) is 23.4. The largest absolute Gasteiger partial charge is 0.493 e. The summed E-state index contributed by atoms with van der Waals surface area (Å²) in [4.78, 5) is 32.8. The average Bonchev–Trinajstić information content (AvgIpc) is 3.70. The van der Waals surface area contributed by atoms with Gasteiger partial charge in [-0.3, -0.25) is 19.1 Å². The number of aliphatic hydroxyl groups excluding tert-OH is 1. The Morgan fingerprint density at radius 3 is 2.18 bits per heavy atom. The first-order valence-electron chi connectivity index (χ1n) is 22.0. The zero-order chi connectivity index (χ0) is 43.5. The van der Waals surface area contributed by atoms with E-state index in [4.69, 9.17) is 33.2 Å². The molecule has 0 saturated carbocycles. The Balaban J connectivity index is 1.16. The van der Waals surface area contributed by atoms with Crippen molar-refractivity contribution in [3.63, 3.8) is 0 Å². The van der Waals surface area contributed by atoms with E-state index in [0.717, 1.165) is 77.9 Å². The predicted octanol–water partition coefficient (Wildman–Crippen LogP) is 7.24. The first-order valence-corrected chi connectivity index (χ1v) is 22.0. The lowest BCUT2D eigenvalue weighted by molar-refractivity contribution is -0.158. The van der Waals surface area contributed by atoms with Crippen LogP contribution in [0.25, 0.3) is 10.9 Å². The summed E-state index contributed by atoms with van der Waals surface area (Å²) in [6.45, 7) is 6.89. The highest BCUT2D eigenvalue weighted by Gasteiger charge is 2.43. The van der Waals surface area contributed by atoms with Crippen molar-refractivity contribution in [3.8, 4) is 23.0 Å². The summed E-state index contributed by atoms with van der Waals surface area (Å²) >= 11 is 0. The Kier molecular flexibility index (Phi) is 13.4. The zero-order valence-corrected chi connectivity index (χ0v) is 36.9. The van der Waals surface area contributed by atoms with Gasteiger partial charge in [-0.05, 0) is 102 Å². The molecule has 62 heavy (non-hydrogen) atoms. The molecule has 1 aromatic heterocycles. The second-order valence-electron chi connectivity index (χ2n) is 16.9. The number of para-hydroxylation sites is 1. The molecule has 332 valence electrons. The van der Waals surface area contributed by atoms with Gasteiger partial charge in [0.05, 0.1) is 66.4 Å². The summed E-state index contributed by atoms with van der Waals surface area (Å²) in [7, 11) is 6.68. The van der Waals surface area contributed by atoms with Crippen molar-refractivity contribution in [2.45, 2.75) is 76.7 Å². The van der Waals surface area contributed by atoms with Gasteiger partial charge in [0.25, 0.3) is 5.91 Å². The number of allylic oxidation sites excluding steroid dienone is 1. The van der Waals surface area contributed by atoms with Crippen LogP contribution in [0.15, 0.2) is 66.6 Å². The molecule has 13 heteroatoms. The molecule has 4 aromatic rings. The van der Waals surface area contributed by atoms with Crippen molar-refractivity contribution in [1.29, 1.82) is 0 Å². The number of carbonyl (C=O) groups excluding carboxylic acids is 2. The van der Waals surface area contributed by atoms with Crippen molar-refractivity contribution >= 4 is 22.7 Å². The van der Waals surface area contributed by atoms with E-state index in [9.17, 15) is 9.90 Å². The third-order valence-electron chi connectivity index (χ3n) is 13.6. The molecule has 8 rings (SSSR count). The molecule has 1 N–H and O–H groups in total. The fourth-order valence-electron chi connectivity index (χ4n) is 10.5. The molecule has 4 aliphatic rings. The lowest BCUT2D eigenvalue weighted by Gasteiger charge is -2.49. The minimum atomic E-state index is -0.753. The van der Waals surface area contributed by atoms with Crippen LogP contribution < -0.4 is 18.9 Å². The zero-order valence-electron chi connectivity index (χ0n) is 36.9. The van der Waals surface area contributed by atoms with Crippen LogP contribution in [0.2, 0.25) is 0 Å². The van der Waals surface area contributed by atoms with Gasteiger partial charge in [0.15, 0.2) is 28.8 Å². The maximum Gasteiger partial charge on any atom is 0.289 e. The van der Waals surface area contributed by atoms with Crippen LogP contribution in [0.3, 0.4) is 0 Å². The molecule has 0 aliphatic carbocycles. The second-order valence-corrected chi connectivity index (χ2v) is 16.9. The number of aromatic nitrogens is 1. The molecular weight excluding hydrogens is 791 g/mol. The molecule has 5 heterocycles. The average molecular weight is 852 g/mol. The first-order chi connectivity index (χ1) is 30.2. The Morgan fingerprint density at radius 2 is 1.48 bits per heavy atom. The van der Waals surface area contributed by atoms with Crippen molar-refractivity contribution in [2.75, 3.05) is 74.5 Å². The van der Waals surface area contributed by atoms with Crippen molar-refractivity contribution in [1.82, 2.24) is 14.4 Å². The summed E-state index contributed by atoms with van der Waals surface area (Å²) in [6, 6.07) is 16.2. The molecule has 1 fully saturated rings. The van der Waals surface area contributed by atoms with E-state index in [-0.39, 0.29) is 62.0 Å². The summed E-state index contributed by atoms with van der Waals surface area (Å²) in [6.07, 6.45) is 7.80. The smallest absolute Gasteiger partial charge is 0.289 e. The van der Waals surface area contributed by atoms with E-state index in [1.807, 2.05) is 41.4 Å². The SMILES string of the molecule is CCC1CN2CCc3cc(OC)c(OC)cc3C2CC1CC1c2cc(OC)c(OC)cc2CCN1C(=O)C1=CC(c2cn(C(C)=O)c3ccccc23)CC(OCCOCCO)O1. The summed E-state index contributed by atoms with van der Waals surface area (Å²) in [5.41, 5.74) is 6.52. The highest BCUT2D eigenvalue weighted by molar-refractivity contribution is 5.95. The van der Waals surface area contributed by atoms with E-state index >= 15 is 4.79 Å². The lowest BCUT2D eigenvalue weighted by atomic mass is 9.72. The van der Waals surface area contributed by atoms with Crippen LogP contribution in [-0.2, 0) is 31.8 Å². The van der Waals surface area contributed by atoms with Gasteiger partial charge >= 0.3 is 0 Å². The van der Waals surface area contributed by atoms with Crippen molar-refractivity contribution in [2.24, 2.45) is 11.8 Å². The standard InChI is InChI=1S/C49H61N3O10/c1-7-31-28-50-14-12-32-22-43(56-3)45(58-5)26-37(32)41(50)20-34(31)21-42-38-27-46(59-6)44(57-4)23-33(38)13-15-51(42)49(55)47-24-35(25-48(62-47)61-19-18-60-17-16-53)39-29-52(30(2)54)40-11-9-8-10-36(39)40/h8-11,22-24,26-27,29,31,34-35,41-42,48,53H,7,12-21,25,28H2,1-6H3. The minimum Gasteiger partial charge on any atom is -0.493 e. The van der Waals surface area contributed by atoms with Crippen molar-refractivity contribution in [3.05, 3.63) is 94.4 Å². The molecule has 0 spiro atoms. The molecule has 0 radical (unpaired) electrons. The number of nitrogens with zero attached hydrogens (tertiary/aromatic N) is 3. The quantitative estimate of drug-likeness (QED) is 0.122. The van der Waals surface area contributed by atoms with Crippen LogP contribution in [0.4, 0.5) is 0 Å². The van der Waals surface area contributed by atoms with E-state index in [0.29, 0.717) is 42.7 Å². The maximum absolute atomic E-state index is 15.4. The van der Waals surface area contributed by atoms with Crippen LogP contribution in [0, 0.1) is 11.8 Å². The van der Waals surface area contributed by atoms with Gasteiger partial charge in [0.2, 0.25) is 12.2 Å². The molecule has 1 saturated heterocycles. The first kappa shape index (κ1) is 43.6. The molecule has 4 aliphatic heterocycles. The van der Waals surface area contributed by atoms with Crippen LogP contribution in [0.5, 0.6) is 23.0 Å². The van der Waals surface area contributed by atoms with Crippen LogP contribution in [-0.4, -0.2) is 112 Å². The predicted molar refractivity (Wildman–Crippen MR) is 234 cm³/mol. The van der Waals surface area contributed by atoms with Gasteiger partial charge in [-0.2, -0.15) is 0 Å². The Hall–Kier alpha value is -5.08. The van der Waals surface area contributed by atoms with E-state index in [1.165, 1.54) is 11.1 Å². The third-order valence-corrected chi connectivity index (χ3v) is 13.6. The fourth-order valence-corrected chi connectivity index (χ4v) is 10.5. The third kappa shape index (κ3) is 8.52. The van der Waals surface area contributed by atoms with Crippen molar-refractivity contribution < 1.29 is 47.9 Å². The topological polar surface area (TPSA) is 130 Å². The van der Waals surface area contributed by atoms with Crippen LogP contribution >= 0.6 is 0 Å². The molecule has 1 amide bonds. The summed E-state index contributed by atoms with van der Waals surface area (Å²) in [5, 5.41) is 10.2. The number of fused-ring (bicyclic) bond motifs is 5. The molecule has 6 atom stereocenters. The van der Waals surface area contributed by atoms with Gasteiger partial charge in [-0.25, -0.2) is 0 Å². The minimum absolute atomic E-state index is 0.0849. The Morgan fingerprint density at radius 1 is 0.806 bits per heavy atom. The Labute approximate surface area is 364 Å². The number of ether oxygens (including phenoxy) is 7. The second kappa shape index (κ2) is 19.1. The highest BCUT2D eigenvalue weighted by atomic mass is 16.7. The molecule has 6 unspecified atom stereocenters. The number of hydrogen-bond acceptors (Lipinski definition) is 11. The fraction of sp³-hybridized carbons (Fsp3) is 0.510. The molecule has 0 bridgehead atoms. The van der Waals surface area contributed by atoms with Gasteiger partial charge in [0, 0.05) is 56.5 Å². The number of hydrogen-bond donors (Lipinski definition) is 1.